The summed E-state index contributed by atoms with van der Waals surface area (Å²) in [5, 5.41) is 7.17. The first-order valence-corrected chi connectivity index (χ1v) is 8.43. The summed E-state index contributed by atoms with van der Waals surface area (Å²) in [7, 11) is 0. The Morgan fingerprint density at radius 1 is 1.04 bits per heavy atom. The Bertz CT molecular complexity index is 841. The Hall–Kier alpha value is -2.79. The Labute approximate surface area is 152 Å². The number of hydrogen-bond acceptors (Lipinski definition) is 5. The molecule has 0 atom stereocenters. The molecule has 2 aromatic carbocycles. The SMILES string of the molecule is CCOc1ccccc1Nc1ccnc(NCc2ccccc2Cl)n1. The summed E-state index contributed by atoms with van der Waals surface area (Å²) in [4.78, 5) is 8.73. The van der Waals surface area contributed by atoms with Crippen LogP contribution in [0.5, 0.6) is 5.75 Å². The lowest BCUT2D eigenvalue weighted by atomic mass is 10.2. The Kier molecular flexibility index (Phi) is 5.69. The van der Waals surface area contributed by atoms with Crippen molar-refractivity contribution < 1.29 is 4.74 Å². The lowest BCUT2D eigenvalue weighted by molar-refractivity contribution is 0.342. The first-order chi connectivity index (χ1) is 12.3. The highest BCUT2D eigenvalue weighted by Crippen LogP contribution is 2.26. The molecule has 6 heteroatoms. The average Bonchev–Trinajstić information content (AvgIpc) is 2.63. The zero-order valence-electron chi connectivity index (χ0n) is 13.9. The summed E-state index contributed by atoms with van der Waals surface area (Å²) < 4.78 is 5.62. The van der Waals surface area contributed by atoms with Gasteiger partial charge in [0.15, 0.2) is 0 Å². The topological polar surface area (TPSA) is 59.1 Å². The van der Waals surface area contributed by atoms with E-state index < -0.39 is 0 Å². The van der Waals surface area contributed by atoms with Crippen molar-refractivity contribution in [3.63, 3.8) is 0 Å². The maximum atomic E-state index is 6.17. The third-order valence-electron chi connectivity index (χ3n) is 3.50. The molecule has 1 aromatic heterocycles. The normalized spacial score (nSPS) is 10.3. The van der Waals surface area contributed by atoms with Crippen LogP contribution >= 0.6 is 11.6 Å². The molecule has 0 bridgehead atoms. The van der Waals surface area contributed by atoms with Crippen LogP contribution < -0.4 is 15.4 Å². The number of halogens is 1. The van der Waals surface area contributed by atoms with Crippen molar-refractivity contribution in [1.29, 1.82) is 0 Å². The smallest absolute Gasteiger partial charge is 0.224 e. The van der Waals surface area contributed by atoms with Crippen LogP contribution in [0.15, 0.2) is 60.8 Å². The number of ether oxygens (including phenoxy) is 1. The highest BCUT2D eigenvalue weighted by molar-refractivity contribution is 6.31. The molecular weight excluding hydrogens is 336 g/mol. The third-order valence-corrected chi connectivity index (χ3v) is 3.87. The first kappa shape index (κ1) is 17.0. The number of aromatic nitrogens is 2. The monoisotopic (exact) mass is 354 g/mol. The third kappa shape index (κ3) is 4.61. The van der Waals surface area contributed by atoms with Crippen LogP contribution in [-0.4, -0.2) is 16.6 Å². The van der Waals surface area contributed by atoms with Crippen LogP contribution in [0.25, 0.3) is 0 Å². The maximum Gasteiger partial charge on any atom is 0.224 e. The van der Waals surface area contributed by atoms with E-state index in [1.54, 1.807) is 6.20 Å². The largest absolute Gasteiger partial charge is 0.492 e. The van der Waals surface area contributed by atoms with E-state index in [0.717, 1.165) is 22.0 Å². The molecule has 25 heavy (non-hydrogen) atoms. The van der Waals surface area contributed by atoms with Crippen LogP contribution in [0.4, 0.5) is 17.5 Å². The number of nitrogens with one attached hydrogen (secondary N) is 2. The van der Waals surface area contributed by atoms with Crippen molar-refractivity contribution in [2.24, 2.45) is 0 Å². The molecule has 5 nitrogen and oxygen atoms in total. The average molecular weight is 355 g/mol. The molecule has 0 unspecified atom stereocenters. The van der Waals surface area contributed by atoms with Crippen LogP contribution in [0.2, 0.25) is 5.02 Å². The van der Waals surface area contributed by atoms with Crippen LogP contribution in [0.1, 0.15) is 12.5 Å². The highest BCUT2D eigenvalue weighted by Gasteiger charge is 2.05. The number of para-hydroxylation sites is 2. The van der Waals surface area contributed by atoms with Gasteiger partial charge in [-0.3, -0.25) is 0 Å². The van der Waals surface area contributed by atoms with E-state index in [1.807, 2.05) is 61.5 Å². The number of rotatable bonds is 7. The second-order valence-corrected chi connectivity index (χ2v) is 5.67. The Morgan fingerprint density at radius 3 is 2.68 bits per heavy atom. The number of nitrogens with zero attached hydrogens (tertiary/aromatic N) is 2. The minimum Gasteiger partial charge on any atom is -0.492 e. The van der Waals surface area contributed by atoms with Crippen LogP contribution in [0, 0.1) is 0 Å². The van der Waals surface area contributed by atoms with Crippen molar-refractivity contribution in [3.05, 3.63) is 71.4 Å². The van der Waals surface area contributed by atoms with Gasteiger partial charge in [-0.15, -0.1) is 0 Å². The molecule has 3 aromatic rings. The highest BCUT2D eigenvalue weighted by atomic mass is 35.5. The predicted molar refractivity (Wildman–Crippen MR) is 102 cm³/mol. The summed E-state index contributed by atoms with van der Waals surface area (Å²) in [6.07, 6.45) is 1.70. The maximum absolute atomic E-state index is 6.17. The van der Waals surface area contributed by atoms with Crippen LogP contribution in [0.3, 0.4) is 0 Å². The molecule has 0 fully saturated rings. The zero-order valence-corrected chi connectivity index (χ0v) is 14.6. The predicted octanol–water partition coefficient (Wildman–Crippen LogP) is 4.88. The lowest BCUT2D eigenvalue weighted by Crippen LogP contribution is -2.05. The van der Waals surface area contributed by atoms with E-state index in [4.69, 9.17) is 16.3 Å². The summed E-state index contributed by atoms with van der Waals surface area (Å²) >= 11 is 6.17. The fourth-order valence-electron chi connectivity index (χ4n) is 2.32. The van der Waals surface area contributed by atoms with Gasteiger partial charge >= 0.3 is 0 Å². The van der Waals surface area contributed by atoms with Crippen molar-refractivity contribution in [1.82, 2.24) is 9.97 Å². The van der Waals surface area contributed by atoms with Crippen molar-refractivity contribution in [3.8, 4) is 5.75 Å². The zero-order chi connectivity index (χ0) is 17.5. The lowest BCUT2D eigenvalue weighted by Gasteiger charge is -2.12. The van der Waals surface area contributed by atoms with Crippen molar-refractivity contribution in [2.45, 2.75) is 13.5 Å². The van der Waals surface area contributed by atoms with E-state index in [-0.39, 0.29) is 0 Å². The second-order valence-electron chi connectivity index (χ2n) is 5.26. The van der Waals surface area contributed by atoms with E-state index in [2.05, 4.69) is 20.6 Å². The molecule has 0 aliphatic rings. The molecule has 0 aliphatic heterocycles. The minimum atomic E-state index is 0.527. The van der Waals surface area contributed by atoms with Gasteiger partial charge in [-0.05, 0) is 36.8 Å². The molecule has 0 aliphatic carbocycles. The molecule has 1 heterocycles. The standard InChI is InChI=1S/C19H19ClN4O/c1-2-25-17-10-6-5-9-16(17)23-18-11-12-21-19(24-18)22-13-14-7-3-4-8-15(14)20/h3-12H,2,13H2,1H3,(H2,21,22,23,24). The molecule has 3 rings (SSSR count). The summed E-state index contributed by atoms with van der Waals surface area (Å²) in [6.45, 7) is 3.12. The molecular formula is C19H19ClN4O. The van der Waals surface area contributed by atoms with Gasteiger partial charge in [0.25, 0.3) is 0 Å². The van der Waals surface area contributed by atoms with Gasteiger partial charge in [-0.2, -0.15) is 4.98 Å². The second kappa shape index (κ2) is 8.35. The van der Waals surface area contributed by atoms with Gasteiger partial charge in [-0.1, -0.05) is 41.9 Å². The fraction of sp³-hybridized carbons (Fsp3) is 0.158. The first-order valence-electron chi connectivity index (χ1n) is 8.05. The summed E-state index contributed by atoms with van der Waals surface area (Å²) in [5.74, 6) is 2.00. The van der Waals surface area contributed by atoms with E-state index in [9.17, 15) is 0 Å². The Morgan fingerprint density at radius 2 is 1.84 bits per heavy atom. The molecule has 2 N–H and O–H groups in total. The fourth-order valence-corrected chi connectivity index (χ4v) is 2.52. The van der Waals surface area contributed by atoms with E-state index in [0.29, 0.717) is 24.9 Å². The molecule has 0 saturated heterocycles. The summed E-state index contributed by atoms with van der Waals surface area (Å²) in [5.41, 5.74) is 1.85. The van der Waals surface area contributed by atoms with Gasteiger partial charge < -0.3 is 15.4 Å². The quantitative estimate of drug-likeness (QED) is 0.633. The van der Waals surface area contributed by atoms with Gasteiger partial charge in [0, 0.05) is 17.8 Å². The van der Waals surface area contributed by atoms with Gasteiger partial charge in [0.05, 0.1) is 12.3 Å². The molecule has 128 valence electrons. The number of hydrogen-bond donors (Lipinski definition) is 2. The minimum absolute atomic E-state index is 0.527. The number of anilines is 3. The Balaban J connectivity index is 1.71. The van der Waals surface area contributed by atoms with Crippen LogP contribution in [-0.2, 0) is 6.54 Å². The van der Waals surface area contributed by atoms with Crippen molar-refractivity contribution >= 4 is 29.1 Å². The van der Waals surface area contributed by atoms with Gasteiger partial charge in [-0.25, -0.2) is 4.98 Å². The molecule has 0 amide bonds. The molecule has 0 saturated carbocycles. The molecule has 0 spiro atoms. The van der Waals surface area contributed by atoms with Gasteiger partial charge in [0.2, 0.25) is 5.95 Å². The van der Waals surface area contributed by atoms with E-state index in [1.165, 1.54) is 0 Å². The summed E-state index contributed by atoms with van der Waals surface area (Å²) in [6, 6.07) is 17.2. The van der Waals surface area contributed by atoms with Gasteiger partial charge in [0.1, 0.15) is 11.6 Å². The number of benzene rings is 2. The molecule has 0 radical (unpaired) electrons. The van der Waals surface area contributed by atoms with Crippen molar-refractivity contribution in [2.75, 3.05) is 17.2 Å². The van der Waals surface area contributed by atoms with E-state index >= 15 is 0 Å².